The van der Waals surface area contributed by atoms with Crippen LogP contribution in [0.5, 0.6) is 0 Å². The summed E-state index contributed by atoms with van der Waals surface area (Å²) in [5.74, 6) is 0.173. The summed E-state index contributed by atoms with van der Waals surface area (Å²) in [5.41, 5.74) is 5.00. The number of rotatable bonds is 6. The standard InChI is InChI=1S/C14H22N3O6PS/c1-4-5-14-7-21-9(10(14)23-24(19,25)20-3)12(22-14)17-6-8(2)11(15)16-13(17)18/h6,9-10,12H,4-5,7H2,1-3H3,(H,19,25)(H2,15,16,18)/t9-,10?,12+,14-,24?/m0/s1. The molecule has 0 radical (unpaired) electrons. The first-order valence-electron chi connectivity index (χ1n) is 7.94. The van der Waals surface area contributed by atoms with Crippen LogP contribution in [0.15, 0.2) is 11.0 Å². The van der Waals surface area contributed by atoms with Crippen molar-refractivity contribution in [3.63, 3.8) is 0 Å². The Labute approximate surface area is 150 Å². The SMILES string of the molecule is CCC[C@]12CO[C@@H](C1OP(O)(=S)OC)[C@H](n1cc(C)c(N)nc1=O)O2. The zero-order valence-electron chi connectivity index (χ0n) is 14.2. The van der Waals surface area contributed by atoms with E-state index in [-0.39, 0.29) is 5.82 Å². The second kappa shape index (κ2) is 6.70. The molecule has 2 bridgehead atoms. The van der Waals surface area contributed by atoms with E-state index in [1.807, 2.05) is 6.92 Å². The third-order valence-corrected chi connectivity index (χ3v) is 6.23. The van der Waals surface area contributed by atoms with Crippen LogP contribution in [0.25, 0.3) is 0 Å². The average molecular weight is 391 g/mol. The number of fused-ring (bicyclic) bond motifs is 2. The van der Waals surface area contributed by atoms with E-state index in [0.717, 1.165) is 6.42 Å². The molecule has 0 spiro atoms. The number of aromatic nitrogens is 2. The zero-order valence-corrected chi connectivity index (χ0v) is 16.0. The highest BCUT2D eigenvalue weighted by Crippen LogP contribution is 2.55. The molecule has 2 saturated heterocycles. The van der Waals surface area contributed by atoms with E-state index in [2.05, 4.69) is 4.98 Å². The second-order valence-corrected chi connectivity index (χ2v) is 9.17. The van der Waals surface area contributed by atoms with Crippen LogP contribution < -0.4 is 11.4 Å². The van der Waals surface area contributed by atoms with E-state index in [0.29, 0.717) is 18.6 Å². The van der Waals surface area contributed by atoms with Gasteiger partial charge in [0.05, 0.1) is 6.61 Å². The molecule has 5 atom stereocenters. The third kappa shape index (κ3) is 3.28. The minimum atomic E-state index is -3.42. The number of nitrogens with zero attached hydrogens (tertiary/aromatic N) is 2. The molecule has 0 amide bonds. The van der Waals surface area contributed by atoms with E-state index >= 15 is 0 Å². The van der Waals surface area contributed by atoms with Crippen molar-refractivity contribution >= 4 is 24.3 Å². The smallest absolute Gasteiger partial charge is 0.351 e. The molecule has 2 unspecified atom stereocenters. The van der Waals surface area contributed by atoms with Gasteiger partial charge in [-0.25, -0.2) is 4.79 Å². The fourth-order valence-corrected chi connectivity index (χ4v) is 4.33. The van der Waals surface area contributed by atoms with Crippen LogP contribution in [-0.4, -0.2) is 46.0 Å². The highest BCUT2D eigenvalue weighted by atomic mass is 32.5. The van der Waals surface area contributed by atoms with Gasteiger partial charge in [0.1, 0.15) is 23.6 Å². The average Bonchev–Trinajstić information content (AvgIpc) is 3.02. The number of nitrogens with two attached hydrogens (primary N) is 1. The van der Waals surface area contributed by atoms with Crippen LogP contribution >= 0.6 is 6.72 Å². The highest BCUT2D eigenvalue weighted by molar-refractivity contribution is 8.07. The maximum atomic E-state index is 12.3. The summed E-state index contributed by atoms with van der Waals surface area (Å²) in [6.07, 6.45) is 1.02. The van der Waals surface area contributed by atoms with E-state index < -0.39 is 36.4 Å². The van der Waals surface area contributed by atoms with Crippen molar-refractivity contribution in [1.29, 1.82) is 0 Å². The molecule has 11 heteroatoms. The summed E-state index contributed by atoms with van der Waals surface area (Å²) in [6, 6.07) is 0. The minimum absolute atomic E-state index is 0.173. The number of nitrogen functional groups attached to an aromatic ring is 1. The molecular formula is C14H22N3O6PS. The summed E-state index contributed by atoms with van der Waals surface area (Å²) >= 11 is 4.98. The van der Waals surface area contributed by atoms with Crippen molar-refractivity contribution in [3.8, 4) is 0 Å². The molecule has 9 nitrogen and oxygen atoms in total. The lowest BCUT2D eigenvalue weighted by molar-refractivity contribution is -0.177. The summed E-state index contributed by atoms with van der Waals surface area (Å²) < 4.78 is 24.0. The predicted molar refractivity (Wildman–Crippen MR) is 93.5 cm³/mol. The largest absolute Gasteiger partial charge is 0.383 e. The lowest BCUT2D eigenvalue weighted by atomic mass is 9.94. The number of hydrogen-bond acceptors (Lipinski definition) is 8. The van der Waals surface area contributed by atoms with Crippen LogP contribution in [0.3, 0.4) is 0 Å². The molecule has 1 aromatic rings. The molecular weight excluding hydrogens is 369 g/mol. The van der Waals surface area contributed by atoms with Gasteiger partial charge in [0, 0.05) is 18.9 Å². The Kier molecular flexibility index (Phi) is 5.06. The van der Waals surface area contributed by atoms with Crippen LogP contribution in [0, 0.1) is 6.92 Å². The first kappa shape index (κ1) is 18.9. The Morgan fingerprint density at radius 3 is 3.00 bits per heavy atom. The maximum Gasteiger partial charge on any atom is 0.351 e. The first-order valence-corrected chi connectivity index (χ1v) is 10.5. The van der Waals surface area contributed by atoms with Gasteiger partial charge in [-0.05, 0) is 25.2 Å². The predicted octanol–water partition coefficient (Wildman–Crippen LogP) is 0.849. The van der Waals surface area contributed by atoms with E-state index in [1.54, 1.807) is 13.1 Å². The number of anilines is 1. The Morgan fingerprint density at radius 1 is 1.64 bits per heavy atom. The lowest BCUT2D eigenvalue weighted by Gasteiger charge is -2.32. The van der Waals surface area contributed by atoms with Crippen LogP contribution in [0.4, 0.5) is 5.82 Å². The van der Waals surface area contributed by atoms with Gasteiger partial charge >= 0.3 is 12.4 Å². The molecule has 2 fully saturated rings. The molecule has 25 heavy (non-hydrogen) atoms. The van der Waals surface area contributed by atoms with Gasteiger partial charge in [-0.1, -0.05) is 13.3 Å². The van der Waals surface area contributed by atoms with Crippen LogP contribution in [0.1, 0.15) is 31.6 Å². The van der Waals surface area contributed by atoms with E-state index in [1.165, 1.54) is 11.7 Å². The Hall–Kier alpha value is -0.870. The van der Waals surface area contributed by atoms with Gasteiger partial charge in [0.25, 0.3) is 0 Å². The molecule has 0 aromatic carbocycles. The zero-order chi connectivity index (χ0) is 18.4. The van der Waals surface area contributed by atoms with Gasteiger partial charge in [-0.3, -0.25) is 9.09 Å². The van der Waals surface area contributed by atoms with E-state index in [9.17, 15) is 9.69 Å². The number of aryl methyl sites for hydroxylation is 1. The molecule has 2 aliphatic heterocycles. The fraction of sp³-hybridized carbons (Fsp3) is 0.714. The molecule has 3 N–H and O–H groups in total. The second-order valence-electron chi connectivity index (χ2n) is 6.27. The van der Waals surface area contributed by atoms with Crippen LogP contribution in [0.2, 0.25) is 0 Å². The van der Waals surface area contributed by atoms with Gasteiger partial charge in [-0.2, -0.15) is 4.98 Å². The number of hydrogen-bond donors (Lipinski definition) is 2. The maximum absolute atomic E-state index is 12.3. The number of ether oxygens (including phenoxy) is 2. The quantitative estimate of drug-likeness (QED) is 0.680. The highest BCUT2D eigenvalue weighted by Gasteiger charge is 2.63. The van der Waals surface area contributed by atoms with Crippen molar-refractivity contribution in [3.05, 3.63) is 22.2 Å². The molecule has 3 rings (SSSR count). The third-order valence-electron chi connectivity index (χ3n) is 4.57. The fourth-order valence-electron chi connectivity index (χ4n) is 3.36. The molecule has 140 valence electrons. The summed E-state index contributed by atoms with van der Waals surface area (Å²) in [7, 11) is 1.29. The van der Waals surface area contributed by atoms with Crippen molar-refractivity contribution in [2.75, 3.05) is 19.5 Å². The molecule has 2 aliphatic rings. The van der Waals surface area contributed by atoms with Gasteiger partial charge in [0.15, 0.2) is 6.23 Å². The van der Waals surface area contributed by atoms with Crippen molar-refractivity contribution in [2.24, 2.45) is 0 Å². The molecule has 0 saturated carbocycles. The molecule has 0 aliphatic carbocycles. The monoisotopic (exact) mass is 391 g/mol. The summed E-state index contributed by atoms with van der Waals surface area (Å²) in [5, 5.41) is 0. The normalized spacial score (nSPS) is 33.5. The van der Waals surface area contributed by atoms with Crippen molar-refractivity contribution < 1.29 is 23.4 Å². The van der Waals surface area contributed by atoms with Gasteiger partial charge < -0.3 is 24.6 Å². The Morgan fingerprint density at radius 2 is 2.36 bits per heavy atom. The van der Waals surface area contributed by atoms with Crippen molar-refractivity contribution in [1.82, 2.24) is 9.55 Å². The minimum Gasteiger partial charge on any atom is -0.383 e. The first-order chi connectivity index (χ1) is 11.7. The Balaban J connectivity index is 1.99. The summed E-state index contributed by atoms with van der Waals surface area (Å²) in [6.45, 7) is 0.626. The van der Waals surface area contributed by atoms with Gasteiger partial charge in [0.2, 0.25) is 0 Å². The van der Waals surface area contributed by atoms with Crippen LogP contribution in [-0.2, 0) is 30.3 Å². The van der Waals surface area contributed by atoms with E-state index in [4.69, 9.17) is 36.1 Å². The topological polar surface area (TPSA) is 118 Å². The summed E-state index contributed by atoms with van der Waals surface area (Å²) in [4.78, 5) is 26.2. The Bertz CT molecular complexity index is 773. The molecule has 1 aromatic heterocycles. The lowest BCUT2D eigenvalue weighted by Crippen LogP contribution is -2.41. The molecule has 3 heterocycles. The van der Waals surface area contributed by atoms with Gasteiger partial charge in [-0.15, -0.1) is 0 Å². The van der Waals surface area contributed by atoms with Crippen molar-refractivity contribution in [2.45, 2.75) is 50.7 Å².